The molecule has 5 heterocycles. The topological polar surface area (TPSA) is 263 Å². The van der Waals surface area contributed by atoms with Crippen molar-refractivity contribution in [2.45, 2.75) is 20.3 Å². The van der Waals surface area contributed by atoms with E-state index in [0.29, 0.717) is 17.2 Å². The van der Waals surface area contributed by atoms with E-state index < -0.39 is 5.97 Å². The highest BCUT2D eigenvalue weighted by Crippen LogP contribution is 2.35. The second-order valence-electron chi connectivity index (χ2n) is 27.4. The minimum absolute atomic E-state index is 0.237. The van der Waals surface area contributed by atoms with Gasteiger partial charge >= 0.3 is 24.4 Å². The third kappa shape index (κ3) is 21.5. The van der Waals surface area contributed by atoms with Gasteiger partial charge in [-0.25, -0.2) is 43.2 Å². The minimum Gasteiger partial charge on any atom is -0.478 e. The number of halogens is 1. The second-order valence-corrected chi connectivity index (χ2v) is 27.4. The van der Waals surface area contributed by atoms with E-state index in [1.165, 1.54) is 17.2 Å². The molecular formula is C103H75FN12O8. The third-order valence-corrected chi connectivity index (χ3v) is 19.3. The van der Waals surface area contributed by atoms with Gasteiger partial charge in [-0.05, 0) is 162 Å². The molecule has 0 amide bonds. The molecule has 0 unspecified atom stereocenters. The number of imidazole rings is 1. The summed E-state index contributed by atoms with van der Waals surface area (Å²) in [4.78, 5) is 83.9. The third-order valence-electron chi connectivity index (χ3n) is 19.3. The lowest BCUT2D eigenvalue weighted by Crippen LogP contribution is -2.01. The Morgan fingerprint density at radius 1 is 0.347 bits per heavy atom. The molecule has 1 aliphatic carbocycles. The summed E-state index contributed by atoms with van der Waals surface area (Å²) in [7, 11) is 0. The van der Waals surface area contributed by atoms with Gasteiger partial charge in [0.2, 0.25) is 0 Å². The molecule has 0 saturated carbocycles. The molecule has 0 saturated heterocycles. The number of carbonyl (C=O) groups is 1. The highest BCUT2D eigenvalue weighted by molar-refractivity contribution is 5.90. The largest absolute Gasteiger partial charge is 0.478 e. The second kappa shape index (κ2) is 42.2. The van der Waals surface area contributed by atoms with Crippen molar-refractivity contribution >= 4 is 30.0 Å². The van der Waals surface area contributed by atoms with Gasteiger partial charge in [0.05, 0.1) is 28.3 Å². The van der Waals surface area contributed by atoms with Gasteiger partial charge in [0.25, 0.3) is 0 Å². The predicted molar refractivity (Wildman–Crippen MR) is 473 cm³/mol. The van der Waals surface area contributed by atoms with Gasteiger partial charge in [-0.1, -0.05) is 285 Å². The lowest BCUT2D eigenvalue weighted by Gasteiger charge is -2.07. The summed E-state index contributed by atoms with van der Waals surface area (Å²) in [6, 6.07) is 121. The maximum absolute atomic E-state index is 14.1. The molecule has 0 aliphatic heterocycles. The normalized spacial score (nSPS) is 10.7. The van der Waals surface area contributed by atoms with Crippen molar-refractivity contribution in [3.05, 3.63) is 429 Å². The van der Waals surface area contributed by atoms with Crippen LogP contribution in [0.3, 0.4) is 0 Å². The van der Waals surface area contributed by atoms with Crippen molar-refractivity contribution in [2.24, 2.45) is 0 Å². The number of nitrogens with zero attached hydrogens (tertiary/aromatic N) is 12. The van der Waals surface area contributed by atoms with E-state index in [4.69, 9.17) is 53.9 Å². The Hall–Kier alpha value is -17.3. The maximum Gasteiger partial charge on any atom is 0.373 e. The molecule has 0 radical (unpaired) electrons. The minimum atomic E-state index is -0.933. The smallest absolute Gasteiger partial charge is 0.373 e. The number of para-hydroxylation sites is 4. The van der Waals surface area contributed by atoms with Crippen molar-refractivity contribution in [3.8, 4) is 135 Å². The van der Waals surface area contributed by atoms with Crippen LogP contribution in [0.15, 0.2) is 401 Å². The summed E-state index contributed by atoms with van der Waals surface area (Å²) in [5, 5.41) is 23.7. The molecule has 21 heteroatoms. The number of aromatic carboxylic acids is 1. The number of rotatable bonds is 16. The van der Waals surface area contributed by atoms with Crippen LogP contribution >= 0.6 is 0 Å². The van der Waals surface area contributed by atoms with Gasteiger partial charge in [-0.15, -0.1) is 15.3 Å². The van der Waals surface area contributed by atoms with Crippen molar-refractivity contribution in [1.29, 1.82) is 0 Å². The van der Waals surface area contributed by atoms with Crippen LogP contribution in [0.5, 0.6) is 0 Å². The molecule has 0 atom stereocenters. The molecule has 5 aromatic heterocycles. The standard InChI is InChI=1S/C28H20N2O2.C26H20N4.C25H19N3.C21H16FN3.3CO2/c31-28(32)24-14-8-12-22(18-24)21-11-7-13-23(17-21)26-19-30(25-15-5-2-6-16-25)27(29-26)20-9-3-1-4-10-20;1-19-15-16-23(18-27-19)26-28-25(29-30(26)24-13-6-3-7-14-24)22-12-8-11-21(17-22)20-9-4-2-5-10-20;1-3-10-19(11-4-1)21-14-9-15-22(18-21)24-26-25(20-12-7-8-13-20)28(27-24)23-16-5-2-6-17-23;1-15-23-21(24-25(15)18-10-3-2-4-11-18)17-9-7-8-16(14-17)19-12-5-6-13-20(19)22;3*2-1-3/h1-19H,(H,31,32);2-18H,1H3;1-7,9-18H,8H2;2-14H,1H3;;;. The molecule has 0 spiro atoms. The lowest BCUT2D eigenvalue weighted by atomic mass is 10.0. The Morgan fingerprint density at radius 2 is 0.726 bits per heavy atom. The number of benzene rings is 13. The molecule has 602 valence electrons. The Balaban J connectivity index is 0.000000138. The van der Waals surface area contributed by atoms with Gasteiger partial charge in [0.1, 0.15) is 17.5 Å². The number of carboxylic acid groups (broad SMARTS) is 1. The number of aromatic nitrogens is 12. The molecule has 1 N–H and O–H groups in total. The quantitative estimate of drug-likeness (QED) is 0.0942. The molecule has 18 aromatic rings. The van der Waals surface area contributed by atoms with E-state index >= 15 is 0 Å². The zero-order valence-corrected chi connectivity index (χ0v) is 66.9. The van der Waals surface area contributed by atoms with Crippen LogP contribution in [0.25, 0.3) is 141 Å². The van der Waals surface area contributed by atoms with Gasteiger partial charge in [0, 0.05) is 68.3 Å². The summed E-state index contributed by atoms with van der Waals surface area (Å²) >= 11 is 0. The van der Waals surface area contributed by atoms with Crippen molar-refractivity contribution in [2.75, 3.05) is 0 Å². The summed E-state index contributed by atoms with van der Waals surface area (Å²) in [6.07, 6.45) is 12.0. The van der Waals surface area contributed by atoms with Gasteiger partial charge in [0.15, 0.2) is 29.1 Å². The van der Waals surface area contributed by atoms with E-state index in [-0.39, 0.29) is 29.8 Å². The average molecular weight is 1630 g/mol. The van der Waals surface area contributed by atoms with E-state index in [1.54, 1.807) is 30.3 Å². The first-order valence-corrected chi connectivity index (χ1v) is 39.0. The Bertz CT molecular complexity index is 6700. The Labute approximate surface area is 712 Å². The van der Waals surface area contributed by atoms with Crippen LogP contribution in [-0.2, 0) is 28.8 Å². The molecule has 19 rings (SSSR count). The van der Waals surface area contributed by atoms with Crippen LogP contribution in [0.1, 0.15) is 34.1 Å². The number of hydrogen-bond donors (Lipinski definition) is 1. The highest BCUT2D eigenvalue weighted by atomic mass is 19.1. The molecule has 0 bridgehead atoms. The summed E-state index contributed by atoms with van der Waals surface area (Å²) < 4.78 is 21.8. The summed E-state index contributed by atoms with van der Waals surface area (Å²) in [5.74, 6) is 4.19. The van der Waals surface area contributed by atoms with Crippen molar-refractivity contribution in [3.63, 3.8) is 0 Å². The van der Waals surface area contributed by atoms with Crippen LogP contribution in [0.2, 0.25) is 0 Å². The fourth-order valence-electron chi connectivity index (χ4n) is 13.5. The first kappa shape index (κ1) is 84.6. The molecule has 13 aromatic carbocycles. The Morgan fingerprint density at radius 3 is 1.21 bits per heavy atom. The average Bonchev–Trinajstić information content (AvgIpc) is 1.64. The van der Waals surface area contributed by atoms with Gasteiger partial charge in [-0.3, -0.25) is 9.55 Å². The molecule has 20 nitrogen and oxygen atoms in total. The number of hydrogen-bond acceptors (Lipinski definition) is 15. The number of aryl methyl sites for hydroxylation is 2. The summed E-state index contributed by atoms with van der Waals surface area (Å²) in [6.45, 7) is 3.90. The molecular weight excluding hydrogens is 1550 g/mol. The van der Waals surface area contributed by atoms with Crippen LogP contribution < -0.4 is 0 Å². The SMILES string of the molecule is C1=CC(c2nc(-c3cccc(-c4ccccc4)c3)nn2-c2ccccc2)=CC1.Cc1ccc(-c2nc(-c3cccc(-c4ccccc4)c3)nn2-c2ccccc2)cn1.Cc1nc(-c2cccc(-c3ccccc3F)c2)nn1-c1ccccc1.O=C(O)c1cccc(-c2cccc(-c3cn(-c4ccccc4)c(-c4ccccc4)n3)c2)c1.O=C=O.O=C=O.O=C=O. The fraction of sp³-hybridized carbons (Fsp3) is 0.0291. The highest BCUT2D eigenvalue weighted by Gasteiger charge is 2.21. The zero-order chi connectivity index (χ0) is 86.4. The van der Waals surface area contributed by atoms with Crippen LogP contribution in [0.4, 0.5) is 4.39 Å². The molecule has 0 fully saturated rings. The fourth-order valence-corrected chi connectivity index (χ4v) is 13.5. The van der Waals surface area contributed by atoms with Gasteiger partial charge < -0.3 is 5.11 Å². The van der Waals surface area contributed by atoms with Crippen molar-refractivity contribution in [1.82, 2.24) is 58.8 Å². The maximum atomic E-state index is 14.1. The van der Waals surface area contributed by atoms with Gasteiger partial charge in [-0.2, -0.15) is 28.8 Å². The Kier molecular flexibility index (Phi) is 28.8. The van der Waals surface area contributed by atoms with Crippen LogP contribution in [-0.4, -0.2) is 88.4 Å². The van der Waals surface area contributed by atoms with Crippen molar-refractivity contribution < 1.29 is 43.1 Å². The van der Waals surface area contributed by atoms with Crippen LogP contribution in [0, 0.1) is 19.7 Å². The zero-order valence-electron chi connectivity index (χ0n) is 66.9. The number of carboxylic acids is 1. The lowest BCUT2D eigenvalue weighted by molar-refractivity contribution is -0.193. The first-order valence-electron chi connectivity index (χ1n) is 39.0. The number of pyridine rings is 1. The van der Waals surface area contributed by atoms with E-state index in [2.05, 4.69) is 147 Å². The van der Waals surface area contributed by atoms with E-state index in [9.17, 15) is 14.3 Å². The number of allylic oxidation sites excluding steroid dienone is 4. The first-order chi connectivity index (χ1) is 60.8. The molecule has 1 aliphatic rings. The number of carbonyl (C=O) groups excluding carboxylic acids is 6. The monoisotopic (exact) mass is 1630 g/mol. The summed E-state index contributed by atoms with van der Waals surface area (Å²) in [5.41, 5.74) is 20.8. The van der Waals surface area contributed by atoms with E-state index in [1.807, 2.05) is 265 Å². The predicted octanol–water partition coefficient (Wildman–Crippen LogP) is 21.8. The van der Waals surface area contributed by atoms with E-state index in [0.717, 1.165) is 136 Å². The molecule has 124 heavy (non-hydrogen) atoms.